The van der Waals surface area contributed by atoms with Crippen molar-refractivity contribution < 1.29 is 10.0 Å². The molecule has 2 N–H and O–H groups in total. The highest BCUT2D eigenvalue weighted by atomic mass is 16.4. The summed E-state index contributed by atoms with van der Waals surface area (Å²) in [5.41, 5.74) is -0.00639. The van der Waals surface area contributed by atoms with Gasteiger partial charge in [0.2, 0.25) is 5.91 Å². The van der Waals surface area contributed by atoms with Gasteiger partial charge in [0.05, 0.1) is 11.1 Å². The largest absolute Gasteiger partial charge is 0.411 e. The fourth-order valence-corrected chi connectivity index (χ4v) is 2.07. The summed E-state index contributed by atoms with van der Waals surface area (Å²) in [5, 5.41) is 14.5. The minimum absolute atomic E-state index is 0.0275. The van der Waals surface area contributed by atoms with Gasteiger partial charge in [0.1, 0.15) is 0 Å². The van der Waals surface area contributed by atoms with Crippen LogP contribution in [0.4, 0.5) is 0 Å². The minimum Gasteiger partial charge on any atom is -0.411 e. The normalized spacial score (nSPS) is 21.5. The molecule has 0 aromatic rings. The fraction of sp³-hybridized carbons (Fsp3) is 0.778. The molecule has 0 saturated heterocycles. The molecule has 0 unspecified atom stereocenters. The van der Waals surface area contributed by atoms with E-state index in [0.29, 0.717) is 5.71 Å². The molecular formula is C9H16N2O2. The van der Waals surface area contributed by atoms with E-state index in [0.717, 1.165) is 25.7 Å². The first-order valence-corrected chi connectivity index (χ1v) is 4.58. The average molecular weight is 184 g/mol. The maximum absolute atomic E-state index is 11.6. The summed E-state index contributed by atoms with van der Waals surface area (Å²) in [5.74, 6) is -0.0275. The summed E-state index contributed by atoms with van der Waals surface area (Å²) in [4.78, 5) is 11.6. The summed E-state index contributed by atoms with van der Waals surface area (Å²) >= 11 is 0. The standard InChI is InChI=1S/C9H16N2O2/c1-7(11-13)9(8(12)10-2)5-3-4-6-9/h13H,3-6H2,1-2H3,(H,10,12)/b11-7+. The lowest BCUT2D eigenvalue weighted by molar-refractivity contribution is -0.126. The van der Waals surface area contributed by atoms with Crippen LogP contribution in [0.2, 0.25) is 0 Å². The highest BCUT2D eigenvalue weighted by molar-refractivity contribution is 6.07. The zero-order chi connectivity index (χ0) is 9.90. The Morgan fingerprint density at radius 2 is 2.00 bits per heavy atom. The van der Waals surface area contributed by atoms with Crippen molar-refractivity contribution in [3.8, 4) is 0 Å². The van der Waals surface area contributed by atoms with E-state index in [1.807, 2.05) is 0 Å². The fourth-order valence-electron chi connectivity index (χ4n) is 2.07. The Morgan fingerprint density at radius 1 is 1.46 bits per heavy atom. The van der Waals surface area contributed by atoms with Crippen molar-refractivity contribution in [2.24, 2.45) is 10.6 Å². The quantitative estimate of drug-likeness (QED) is 0.384. The molecule has 1 amide bonds. The van der Waals surface area contributed by atoms with E-state index in [1.165, 1.54) is 0 Å². The Bertz CT molecular complexity index is 230. The Balaban J connectivity index is 2.94. The van der Waals surface area contributed by atoms with Crippen molar-refractivity contribution in [1.82, 2.24) is 5.32 Å². The molecule has 4 heteroatoms. The third-order valence-electron chi connectivity index (χ3n) is 2.96. The second kappa shape index (κ2) is 3.77. The van der Waals surface area contributed by atoms with Crippen molar-refractivity contribution >= 4 is 11.6 Å². The molecule has 0 bridgehead atoms. The Kier molecular flexibility index (Phi) is 2.90. The number of rotatable bonds is 2. The van der Waals surface area contributed by atoms with Gasteiger partial charge in [-0.25, -0.2) is 0 Å². The van der Waals surface area contributed by atoms with E-state index in [1.54, 1.807) is 14.0 Å². The van der Waals surface area contributed by atoms with Gasteiger partial charge in [-0.2, -0.15) is 0 Å². The maximum Gasteiger partial charge on any atom is 0.231 e. The molecule has 0 aromatic carbocycles. The van der Waals surface area contributed by atoms with Crippen molar-refractivity contribution in [2.75, 3.05) is 7.05 Å². The van der Waals surface area contributed by atoms with Crippen LogP contribution < -0.4 is 5.32 Å². The zero-order valence-electron chi connectivity index (χ0n) is 8.13. The van der Waals surface area contributed by atoms with Gasteiger partial charge in [-0.15, -0.1) is 0 Å². The Hall–Kier alpha value is -1.06. The van der Waals surface area contributed by atoms with Gasteiger partial charge in [-0.05, 0) is 19.8 Å². The molecule has 0 aromatic heterocycles. The molecule has 0 spiro atoms. The first-order valence-electron chi connectivity index (χ1n) is 4.58. The number of hydrogen-bond donors (Lipinski definition) is 2. The number of carbonyl (C=O) groups excluding carboxylic acids is 1. The van der Waals surface area contributed by atoms with Crippen LogP contribution in [0.5, 0.6) is 0 Å². The predicted octanol–water partition coefficient (Wildman–Crippen LogP) is 1.14. The molecule has 74 valence electrons. The lowest BCUT2D eigenvalue weighted by Crippen LogP contribution is -2.42. The van der Waals surface area contributed by atoms with E-state index in [4.69, 9.17) is 5.21 Å². The molecule has 1 aliphatic carbocycles. The van der Waals surface area contributed by atoms with Crippen LogP contribution in [-0.2, 0) is 4.79 Å². The highest BCUT2D eigenvalue weighted by Gasteiger charge is 2.43. The molecule has 0 atom stereocenters. The van der Waals surface area contributed by atoms with Gasteiger partial charge in [0, 0.05) is 7.05 Å². The lowest BCUT2D eigenvalue weighted by Gasteiger charge is -2.25. The predicted molar refractivity (Wildman–Crippen MR) is 49.9 cm³/mol. The van der Waals surface area contributed by atoms with Gasteiger partial charge >= 0.3 is 0 Å². The molecule has 4 nitrogen and oxygen atoms in total. The van der Waals surface area contributed by atoms with Crippen LogP contribution in [0.1, 0.15) is 32.6 Å². The number of amides is 1. The molecule has 0 radical (unpaired) electrons. The van der Waals surface area contributed by atoms with E-state index in [9.17, 15) is 4.79 Å². The third kappa shape index (κ3) is 1.53. The van der Waals surface area contributed by atoms with Crippen LogP contribution in [0.3, 0.4) is 0 Å². The van der Waals surface area contributed by atoms with Gasteiger partial charge < -0.3 is 10.5 Å². The van der Waals surface area contributed by atoms with Crippen molar-refractivity contribution in [3.05, 3.63) is 0 Å². The Labute approximate surface area is 78.0 Å². The topological polar surface area (TPSA) is 61.7 Å². The molecule has 1 aliphatic rings. The van der Waals surface area contributed by atoms with E-state index in [-0.39, 0.29) is 5.91 Å². The van der Waals surface area contributed by atoms with Gasteiger partial charge in [-0.1, -0.05) is 18.0 Å². The second-order valence-electron chi connectivity index (χ2n) is 3.55. The summed E-state index contributed by atoms with van der Waals surface area (Å²) in [7, 11) is 1.62. The SMILES string of the molecule is CNC(=O)C1(/C(C)=N/O)CCCC1. The van der Waals surface area contributed by atoms with Crippen LogP contribution in [0.25, 0.3) is 0 Å². The van der Waals surface area contributed by atoms with E-state index >= 15 is 0 Å². The van der Waals surface area contributed by atoms with Crippen LogP contribution in [0, 0.1) is 5.41 Å². The number of nitrogens with zero attached hydrogens (tertiary/aromatic N) is 1. The first kappa shape index (κ1) is 10.0. The molecule has 1 saturated carbocycles. The number of oxime groups is 1. The molecule has 13 heavy (non-hydrogen) atoms. The van der Waals surface area contributed by atoms with E-state index in [2.05, 4.69) is 10.5 Å². The monoisotopic (exact) mass is 184 g/mol. The third-order valence-corrected chi connectivity index (χ3v) is 2.96. The molecule has 1 rings (SSSR count). The first-order chi connectivity index (χ1) is 6.17. The summed E-state index contributed by atoms with van der Waals surface area (Å²) < 4.78 is 0. The van der Waals surface area contributed by atoms with Gasteiger partial charge in [0.25, 0.3) is 0 Å². The Morgan fingerprint density at radius 3 is 2.38 bits per heavy atom. The van der Waals surface area contributed by atoms with Crippen molar-refractivity contribution in [1.29, 1.82) is 0 Å². The lowest BCUT2D eigenvalue weighted by atomic mass is 9.81. The van der Waals surface area contributed by atoms with Crippen LogP contribution >= 0.6 is 0 Å². The smallest absolute Gasteiger partial charge is 0.231 e. The zero-order valence-corrected chi connectivity index (χ0v) is 8.13. The number of carbonyl (C=O) groups is 1. The number of nitrogens with one attached hydrogen (secondary N) is 1. The molecule has 0 aliphatic heterocycles. The molecule has 1 fully saturated rings. The average Bonchev–Trinajstić information content (AvgIpc) is 2.65. The van der Waals surface area contributed by atoms with Gasteiger partial charge in [-0.3, -0.25) is 4.79 Å². The minimum atomic E-state index is -0.538. The van der Waals surface area contributed by atoms with Crippen LogP contribution in [0.15, 0.2) is 5.16 Å². The summed E-state index contributed by atoms with van der Waals surface area (Å²) in [6.07, 6.45) is 3.64. The molecule has 0 heterocycles. The van der Waals surface area contributed by atoms with Crippen molar-refractivity contribution in [3.63, 3.8) is 0 Å². The van der Waals surface area contributed by atoms with Crippen LogP contribution in [-0.4, -0.2) is 23.9 Å². The van der Waals surface area contributed by atoms with E-state index < -0.39 is 5.41 Å². The molecular weight excluding hydrogens is 168 g/mol. The number of hydrogen-bond acceptors (Lipinski definition) is 3. The summed E-state index contributed by atoms with van der Waals surface area (Å²) in [6, 6.07) is 0. The van der Waals surface area contributed by atoms with Crippen molar-refractivity contribution in [2.45, 2.75) is 32.6 Å². The highest BCUT2D eigenvalue weighted by Crippen LogP contribution is 2.39. The summed E-state index contributed by atoms with van der Waals surface area (Å²) in [6.45, 7) is 1.71. The maximum atomic E-state index is 11.6. The van der Waals surface area contributed by atoms with Gasteiger partial charge in [0.15, 0.2) is 0 Å². The second-order valence-corrected chi connectivity index (χ2v) is 3.55.